The van der Waals surface area contributed by atoms with Crippen LogP contribution in [0.5, 0.6) is 0 Å². The van der Waals surface area contributed by atoms with Gasteiger partial charge in [0.2, 0.25) is 11.8 Å². The SMILES string of the molecule is CCCCCCOCCCCCNC(=O)CN(CCCCCOCCOCCNC(C)C)CC(=O)NCCOCCOCCOCCC. The van der Waals surface area contributed by atoms with E-state index < -0.39 is 0 Å². The highest BCUT2D eigenvalue weighted by Gasteiger charge is 2.14. The van der Waals surface area contributed by atoms with E-state index in [-0.39, 0.29) is 24.9 Å². The lowest BCUT2D eigenvalue weighted by atomic mass is 10.2. The van der Waals surface area contributed by atoms with Crippen LogP contribution in [-0.2, 0) is 38.0 Å². The molecule has 0 radical (unpaired) electrons. The van der Waals surface area contributed by atoms with Gasteiger partial charge in [-0.1, -0.05) is 47.0 Å². The van der Waals surface area contributed by atoms with Gasteiger partial charge in [-0.15, -0.1) is 0 Å². The standard InChI is InChI=1S/C36H74N4O8/c1-5-7-8-13-21-44-22-14-9-11-16-38-35(41)32-40(19-12-10-15-23-45-27-28-46-24-17-37-34(3)4)33-36(42)39-18-25-47-29-31-48-30-26-43-20-6-2/h34,37H,5-33H2,1-4H3,(H,38,41)(H,39,42). The van der Waals surface area contributed by atoms with Crippen molar-refractivity contribution in [2.75, 3.05) is 119 Å². The monoisotopic (exact) mass is 691 g/mol. The van der Waals surface area contributed by atoms with E-state index >= 15 is 0 Å². The number of nitrogens with one attached hydrogen (secondary N) is 3. The molecule has 12 heteroatoms. The normalized spacial score (nSPS) is 11.5. The molecule has 0 atom stereocenters. The predicted molar refractivity (Wildman–Crippen MR) is 193 cm³/mol. The zero-order valence-electron chi connectivity index (χ0n) is 31.3. The first-order chi connectivity index (χ1) is 23.5. The van der Waals surface area contributed by atoms with Gasteiger partial charge < -0.3 is 44.4 Å². The highest BCUT2D eigenvalue weighted by Crippen LogP contribution is 2.02. The van der Waals surface area contributed by atoms with Crippen LogP contribution in [0.2, 0.25) is 0 Å². The molecular formula is C36H74N4O8. The minimum atomic E-state index is -0.114. The minimum absolute atomic E-state index is 0.0506. The van der Waals surface area contributed by atoms with Crippen molar-refractivity contribution in [1.29, 1.82) is 0 Å². The maximum Gasteiger partial charge on any atom is 0.234 e. The molecule has 0 saturated heterocycles. The molecule has 48 heavy (non-hydrogen) atoms. The topological polar surface area (TPSA) is 129 Å². The Morgan fingerprint density at radius 1 is 0.479 bits per heavy atom. The molecule has 12 nitrogen and oxygen atoms in total. The molecule has 0 aromatic rings. The van der Waals surface area contributed by atoms with Crippen molar-refractivity contribution >= 4 is 11.8 Å². The number of amides is 2. The van der Waals surface area contributed by atoms with Crippen LogP contribution in [0.3, 0.4) is 0 Å². The maximum atomic E-state index is 12.7. The summed E-state index contributed by atoms with van der Waals surface area (Å²) < 4.78 is 33.3. The van der Waals surface area contributed by atoms with Crippen LogP contribution in [0.4, 0.5) is 0 Å². The third-order valence-corrected chi connectivity index (χ3v) is 7.26. The molecule has 0 aliphatic heterocycles. The summed E-state index contributed by atoms with van der Waals surface area (Å²) in [6.45, 7) is 18.9. The van der Waals surface area contributed by atoms with Crippen molar-refractivity contribution in [2.24, 2.45) is 0 Å². The molecular weight excluding hydrogens is 616 g/mol. The Bertz CT molecular complexity index is 650. The second-order valence-electron chi connectivity index (χ2n) is 12.4. The van der Waals surface area contributed by atoms with E-state index in [0.717, 1.165) is 77.7 Å². The number of hydrogen-bond acceptors (Lipinski definition) is 10. The molecule has 0 unspecified atom stereocenters. The molecule has 0 aliphatic rings. The summed E-state index contributed by atoms with van der Waals surface area (Å²) in [6.07, 6.45) is 11.6. The number of ether oxygens (including phenoxy) is 6. The Balaban J connectivity index is 4.22. The highest BCUT2D eigenvalue weighted by molar-refractivity contribution is 5.81. The lowest BCUT2D eigenvalue weighted by Gasteiger charge is -2.21. The molecule has 0 rings (SSSR count). The van der Waals surface area contributed by atoms with Gasteiger partial charge in [0.05, 0.1) is 65.9 Å². The third kappa shape index (κ3) is 37.4. The van der Waals surface area contributed by atoms with Crippen molar-refractivity contribution in [3.63, 3.8) is 0 Å². The minimum Gasteiger partial charge on any atom is -0.381 e. The summed E-state index contributed by atoms with van der Waals surface area (Å²) >= 11 is 0. The Morgan fingerprint density at radius 2 is 0.938 bits per heavy atom. The van der Waals surface area contributed by atoms with Crippen molar-refractivity contribution in [2.45, 2.75) is 104 Å². The van der Waals surface area contributed by atoms with Crippen LogP contribution >= 0.6 is 0 Å². The Morgan fingerprint density at radius 3 is 1.50 bits per heavy atom. The highest BCUT2D eigenvalue weighted by atomic mass is 16.5. The Kier molecular flexibility index (Phi) is 37.3. The van der Waals surface area contributed by atoms with Crippen LogP contribution in [-0.4, -0.2) is 141 Å². The first kappa shape index (κ1) is 46.6. The fourth-order valence-electron chi connectivity index (χ4n) is 4.61. The van der Waals surface area contributed by atoms with Gasteiger partial charge in [-0.2, -0.15) is 0 Å². The zero-order chi connectivity index (χ0) is 35.2. The van der Waals surface area contributed by atoms with Crippen molar-refractivity contribution in [3.8, 4) is 0 Å². The summed E-state index contributed by atoms with van der Waals surface area (Å²) in [7, 11) is 0. The molecule has 3 N–H and O–H groups in total. The van der Waals surface area contributed by atoms with Crippen molar-refractivity contribution in [3.05, 3.63) is 0 Å². The van der Waals surface area contributed by atoms with Gasteiger partial charge in [0.1, 0.15) is 0 Å². The van der Waals surface area contributed by atoms with Crippen LogP contribution in [0.25, 0.3) is 0 Å². The zero-order valence-corrected chi connectivity index (χ0v) is 31.3. The number of carbonyl (C=O) groups is 2. The summed E-state index contributed by atoms with van der Waals surface area (Å²) in [5.41, 5.74) is 0. The lowest BCUT2D eigenvalue weighted by Crippen LogP contribution is -2.44. The van der Waals surface area contributed by atoms with Gasteiger partial charge in [0, 0.05) is 52.1 Å². The second-order valence-corrected chi connectivity index (χ2v) is 12.4. The average Bonchev–Trinajstić information content (AvgIpc) is 3.06. The summed E-state index contributed by atoms with van der Waals surface area (Å²) in [4.78, 5) is 27.3. The number of rotatable bonds is 39. The van der Waals surface area contributed by atoms with Gasteiger partial charge >= 0.3 is 0 Å². The largest absolute Gasteiger partial charge is 0.381 e. The third-order valence-electron chi connectivity index (χ3n) is 7.26. The van der Waals surface area contributed by atoms with Crippen molar-refractivity contribution in [1.82, 2.24) is 20.9 Å². The summed E-state index contributed by atoms with van der Waals surface area (Å²) in [5, 5.41) is 9.25. The molecule has 0 aromatic carbocycles. The predicted octanol–water partition coefficient (Wildman–Crippen LogP) is 3.95. The summed E-state index contributed by atoms with van der Waals surface area (Å²) in [6, 6.07) is 0.464. The van der Waals surface area contributed by atoms with Crippen LogP contribution in [0.15, 0.2) is 0 Å². The first-order valence-corrected chi connectivity index (χ1v) is 18.9. The van der Waals surface area contributed by atoms with Gasteiger partial charge in [-0.05, 0) is 57.9 Å². The number of unbranched alkanes of at least 4 members (excludes halogenated alkanes) is 7. The molecule has 0 spiro atoms. The molecule has 0 saturated carbocycles. The fraction of sp³-hybridized carbons (Fsp3) is 0.944. The maximum absolute atomic E-state index is 12.7. The quantitative estimate of drug-likeness (QED) is 0.0816. The molecule has 0 aromatic heterocycles. The van der Waals surface area contributed by atoms with Gasteiger partial charge in [-0.3, -0.25) is 14.5 Å². The Hall–Kier alpha value is -1.38. The van der Waals surface area contributed by atoms with Gasteiger partial charge in [0.15, 0.2) is 0 Å². The van der Waals surface area contributed by atoms with E-state index in [0.29, 0.717) is 85.1 Å². The van der Waals surface area contributed by atoms with Gasteiger partial charge in [0.25, 0.3) is 0 Å². The van der Waals surface area contributed by atoms with E-state index in [2.05, 4.69) is 43.6 Å². The number of nitrogens with zero attached hydrogens (tertiary/aromatic N) is 1. The molecule has 0 fully saturated rings. The molecule has 286 valence electrons. The van der Waals surface area contributed by atoms with E-state index in [1.807, 2.05) is 4.90 Å². The van der Waals surface area contributed by atoms with E-state index in [9.17, 15) is 9.59 Å². The molecule has 0 aliphatic carbocycles. The van der Waals surface area contributed by atoms with Crippen LogP contribution in [0, 0.1) is 0 Å². The molecule has 0 heterocycles. The van der Waals surface area contributed by atoms with E-state index in [4.69, 9.17) is 28.4 Å². The van der Waals surface area contributed by atoms with E-state index in [1.54, 1.807) is 0 Å². The van der Waals surface area contributed by atoms with Crippen LogP contribution < -0.4 is 16.0 Å². The molecule has 0 bridgehead atoms. The molecule has 2 amide bonds. The smallest absolute Gasteiger partial charge is 0.234 e. The lowest BCUT2D eigenvalue weighted by molar-refractivity contribution is -0.125. The first-order valence-electron chi connectivity index (χ1n) is 18.9. The summed E-state index contributed by atoms with van der Waals surface area (Å²) in [5.74, 6) is -0.164. The number of carbonyl (C=O) groups excluding carboxylic acids is 2. The van der Waals surface area contributed by atoms with Gasteiger partial charge in [-0.25, -0.2) is 0 Å². The Labute approximate surface area is 293 Å². The fourth-order valence-corrected chi connectivity index (χ4v) is 4.61. The number of hydrogen-bond donors (Lipinski definition) is 3. The van der Waals surface area contributed by atoms with E-state index in [1.165, 1.54) is 19.3 Å². The van der Waals surface area contributed by atoms with Crippen molar-refractivity contribution < 1.29 is 38.0 Å². The second kappa shape index (κ2) is 38.4. The van der Waals surface area contributed by atoms with Crippen LogP contribution in [0.1, 0.15) is 98.3 Å². The average molecular weight is 691 g/mol.